The number of nitrogens with zero attached hydrogens (tertiary/aromatic N) is 1. The molecule has 2 heterocycles. The summed E-state index contributed by atoms with van der Waals surface area (Å²) >= 11 is 0. The molecule has 112 valence electrons. The molecule has 0 radical (unpaired) electrons. The number of ether oxygens (including phenoxy) is 1. The van der Waals surface area contributed by atoms with Gasteiger partial charge in [-0.3, -0.25) is 4.79 Å². The largest absolute Gasteiger partial charge is 0.467 e. The molecule has 0 spiro atoms. The first-order valence-corrected chi connectivity index (χ1v) is 6.74. The summed E-state index contributed by atoms with van der Waals surface area (Å²) in [6.07, 6.45) is 4.03. The zero-order valence-corrected chi connectivity index (χ0v) is 12.1. The van der Waals surface area contributed by atoms with Gasteiger partial charge < -0.3 is 19.0 Å². The molecule has 0 saturated heterocycles. The lowest BCUT2D eigenvalue weighted by molar-refractivity contribution is 0.0600. The molecule has 1 N–H and O–H groups in total. The minimum atomic E-state index is -0.429. The Balaban J connectivity index is 2.02. The number of carbonyl (C=O) groups is 1. The Labute approximate surface area is 122 Å². The summed E-state index contributed by atoms with van der Waals surface area (Å²) in [7, 11) is 1.32. The summed E-state index contributed by atoms with van der Waals surface area (Å²) in [5.41, 5.74) is 1.18. The Hall–Kier alpha value is -2.50. The van der Waals surface area contributed by atoms with Gasteiger partial charge in [-0.15, -0.1) is 0 Å². The summed E-state index contributed by atoms with van der Waals surface area (Å²) in [5, 5.41) is 3.15. The van der Waals surface area contributed by atoms with Crippen LogP contribution in [0.15, 0.2) is 39.9 Å². The standard InChI is InChI=1S/C15H18N2O4/c1-3-6-17-9-12(4-5-14(17)18)16-8-13-7-11(10-21-13)15(19)20-2/h4-5,7,9-10,16H,3,6,8H2,1-2H3. The van der Waals surface area contributed by atoms with Gasteiger partial charge in [0.25, 0.3) is 5.56 Å². The number of hydrogen-bond donors (Lipinski definition) is 1. The molecule has 2 rings (SSSR count). The second kappa shape index (κ2) is 6.78. The van der Waals surface area contributed by atoms with Crippen molar-refractivity contribution in [2.75, 3.05) is 12.4 Å². The molecule has 0 aliphatic rings. The van der Waals surface area contributed by atoms with Crippen LogP contribution in [0.4, 0.5) is 5.69 Å². The number of esters is 1. The van der Waals surface area contributed by atoms with E-state index in [0.717, 1.165) is 12.1 Å². The predicted molar refractivity (Wildman–Crippen MR) is 78.4 cm³/mol. The van der Waals surface area contributed by atoms with Crippen LogP contribution in [0, 0.1) is 0 Å². The van der Waals surface area contributed by atoms with E-state index in [-0.39, 0.29) is 5.56 Å². The second-order valence-corrected chi connectivity index (χ2v) is 4.60. The van der Waals surface area contributed by atoms with Crippen molar-refractivity contribution >= 4 is 11.7 Å². The highest BCUT2D eigenvalue weighted by atomic mass is 16.5. The molecular formula is C15H18N2O4. The summed E-state index contributed by atoms with van der Waals surface area (Å²) in [6, 6.07) is 4.87. The van der Waals surface area contributed by atoms with Crippen LogP contribution in [-0.2, 0) is 17.8 Å². The Morgan fingerprint density at radius 2 is 2.24 bits per heavy atom. The molecule has 0 fully saturated rings. The van der Waals surface area contributed by atoms with E-state index in [1.54, 1.807) is 22.9 Å². The highest BCUT2D eigenvalue weighted by Crippen LogP contribution is 2.12. The minimum absolute atomic E-state index is 0.0200. The third kappa shape index (κ3) is 3.75. The van der Waals surface area contributed by atoms with Crippen LogP contribution in [0.5, 0.6) is 0 Å². The molecule has 0 unspecified atom stereocenters. The predicted octanol–water partition coefficient (Wildman–Crippen LogP) is 2.25. The topological polar surface area (TPSA) is 73.5 Å². The Kier molecular flexibility index (Phi) is 4.81. The van der Waals surface area contributed by atoms with Crippen molar-refractivity contribution in [2.45, 2.75) is 26.4 Å². The average molecular weight is 290 g/mol. The zero-order chi connectivity index (χ0) is 15.2. The van der Waals surface area contributed by atoms with Crippen molar-refractivity contribution in [3.63, 3.8) is 0 Å². The third-order valence-electron chi connectivity index (χ3n) is 2.99. The number of pyridine rings is 1. The van der Waals surface area contributed by atoms with Gasteiger partial charge in [-0.25, -0.2) is 4.79 Å². The van der Waals surface area contributed by atoms with E-state index in [2.05, 4.69) is 10.1 Å². The average Bonchev–Trinajstić information content (AvgIpc) is 2.96. The first kappa shape index (κ1) is 14.9. The van der Waals surface area contributed by atoms with E-state index < -0.39 is 5.97 Å². The molecule has 0 bridgehead atoms. The molecule has 0 aliphatic heterocycles. The lowest BCUT2D eigenvalue weighted by Crippen LogP contribution is -2.18. The number of hydrogen-bond acceptors (Lipinski definition) is 5. The highest BCUT2D eigenvalue weighted by Gasteiger charge is 2.10. The fourth-order valence-electron chi connectivity index (χ4n) is 1.94. The maximum absolute atomic E-state index is 11.6. The van der Waals surface area contributed by atoms with Crippen LogP contribution in [-0.4, -0.2) is 17.6 Å². The molecular weight excluding hydrogens is 272 g/mol. The number of furan rings is 1. The van der Waals surface area contributed by atoms with Crippen LogP contribution >= 0.6 is 0 Å². The normalized spacial score (nSPS) is 10.4. The summed E-state index contributed by atoms with van der Waals surface area (Å²) in [5.74, 6) is 0.185. The van der Waals surface area contributed by atoms with Gasteiger partial charge in [-0.1, -0.05) is 6.92 Å². The first-order valence-electron chi connectivity index (χ1n) is 6.74. The van der Waals surface area contributed by atoms with Gasteiger partial charge in [0, 0.05) is 18.8 Å². The number of nitrogens with one attached hydrogen (secondary N) is 1. The monoisotopic (exact) mass is 290 g/mol. The number of carbonyl (C=O) groups excluding carboxylic acids is 1. The Morgan fingerprint density at radius 3 is 2.95 bits per heavy atom. The van der Waals surface area contributed by atoms with E-state index in [9.17, 15) is 9.59 Å². The van der Waals surface area contributed by atoms with E-state index in [1.165, 1.54) is 19.4 Å². The van der Waals surface area contributed by atoms with Crippen LogP contribution in [0.3, 0.4) is 0 Å². The molecule has 0 amide bonds. The Bertz CT molecular complexity index is 672. The molecule has 0 atom stereocenters. The lowest BCUT2D eigenvalue weighted by atomic mass is 10.3. The molecule has 6 nitrogen and oxygen atoms in total. The minimum Gasteiger partial charge on any atom is -0.467 e. The number of aromatic nitrogens is 1. The summed E-state index contributed by atoms with van der Waals surface area (Å²) < 4.78 is 11.5. The maximum atomic E-state index is 11.6. The van der Waals surface area contributed by atoms with Crippen molar-refractivity contribution in [3.05, 3.63) is 52.3 Å². The Morgan fingerprint density at radius 1 is 1.43 bits per heavy atom. The second-order valence-electron chi connectivity index (χ2n) is 4.60. The number of rotatable bonds is 6. The maximum Gasteiger partial charge on any atom is 0.341 e. The smallest absolute Gasteiger partial charge is 0.341 e. The molecule has 2 aromatic rings. The van der Waals surface area contributed by atoms with E-state index in [0.29, 0.717) is 24.4 Å². The molecule has 6 heteroatoms. The fraction of sp³-hybridized carbons (Fsp3) is 0.333. The summed E-state index contributed by atoms with van der Waals surface area (Å²) in [4.78, 5) is 22.9. The first-order chi connectivity index (χ1) is 10.1. The number of aryl methyl sites for hydroxylation is 1. The van der Waals surface area contributed by atoms with E-state index >= 15 is 0 Å². The third-order valence-corrected chi connectivity index (χ3v) is 2.99. The van der Waals surface area contributed by atoms with Crippen LogP contribution in [0.2, 0.25) is 0 Å². The lowest BCUT2D eigenvalue weighted by Gasteiger charge is -2.08. The quantitative estimate of drug-likeness (QED) is 0.826. The van der Waals surface area contributed by atoms with Crippen LogP contribution in [0.25, 0.3) is 0 Å². The van der Waals surface area contributed by atoms with Gasteiger partial charge in [-0.2, -0.15) is 0 Å². The molecule has 0 saturated carbocycles. The van der Waals surface area contributed by atoms with Crippen molar-refractivity contribution in [3.8, 4) is 0 Å². The van der Waals surface area contributed by atoms with Crippen molar-refractivity contribution in [2.24, 2.45) is 0 Å². The van der Waals surface area contributed by atoms with E-state index in [4.69, 9.17) is 4.42 Å². The van der Waals surface area contributed by atoms with Crippen LogP contribution < -0.4 is 10.9 Å². The fourth-order valence-corrected chi connectivity index (χ4v) is 1.94. The van der Waals surface area contributed by atoms with Gasteiger partial charge in [-0.05, 0) is 18.6 Å². The molecule has 0 aliphatic carbocycles. The number of methoxy groups -OCH3 is 1. The zero-order valence-electron chi connectivity index (χ0n) is 12.1. The SMILES string of the molecule is CCCn1cc(NCc2cc(C(=O)OC)co2)ccc1=O. The highest BCUT2D eigenvalue weighted by molar-refractivity contribution is 5.88. The molecule has 21 heavy (non-hydrogen) atoms. The summed E-state index contributed by atoms with van der Waals surface area (Å²) in [6.45, 7) is 3.12. The molecule has 0 aromatic carbocycles. The van der Waals surface area contributed by atoms with Gasteiger partial charge in [0.1, 0.15) is 12.0 Å². The van der Waals surface area contributed by atoms with Gasteiger partial charge >= 0.3 is 5.97 Å². The van der Waals surface area contributed by atoms with Gasteiger partial charge in [0.15, 0.2) is 0 Å². The van der Waals surface area contributed by atoms with Crippen LogP contribution in [0.1, 0.15) is 29.5 Å². The van der Waals surface area contributed by atoms with Crippen molar-refractivity contribution in [1.29, 1.82) is 0 Å². The van der Waals surface area contributed by atoms with Crippen molar-refractivity contribution < 1.29 is 13.9 Å². The molecule has 2 aromatic heterocycles. The van der Waals surface area contributed by atoms with E-state index in [1.807, 2.05) is 6.92 Å². The van der Waals surface area contributed by atoms with Crippen molar-refractivity contribution in [1.82, 2.24) is 4.57 Å². The number of anilines is 1. The van der Waals surface area contributed by atoms with Gasteiger partial charge in [0.05, 0.1) is 24.9 Å². The van der Waals surface area contributed by atoms with Gasteiger partial charge in [0.2, 0.25) is 0 Å².